The van der Waals surface area contributed by atoms with Crippen molar-refractivity contribution in [2.45, 2.75) is 84.0 Å². The summed E-state index contributed by atoms with van der Waals surface area (Å²) in [4.78, 5) is 0. The molecule has 0 bridgehead atoms. The molecule has 0 aliphatic heterocycles. The van der Waals surface area contributed by atoms with E-state index in [1.54, 1.807) is 0 Å². The number of benzene rings is 1. The van der Waals surface area contributed by atoms with E-state index in [1.807, 2.05) is 25.1 Å². The summed E-state index contributed by atoms with van der Waals surface area (Å²) in [5.74, 6) is 0.279. The first-order valence-corrected chi connectivity index (χ1v) is 10.7. The summed E-state index contributed by atoms with van der Waals surface area (Å²) in [7, 11) is 0. The van der Waals surface area contributed by atoms with Crippen LogP contribution in [0.25, 0.3) is 0 Å². The predicted octanol–water partition coefficient (Wildman–Crippen LogP) is 6.33. The third-order valence-corrected chi connectivity index (χ3v) is 6.37. The summed E-state index contributed by atoms with van der Waals surface area (Å²) in [5.41, 5.74) is 3.42. The molecule has 0 spiro atoms. The minimum Gasteiger partial charge on any atom is -0.507 e. The second-order valence-corrected chi connectivity index (χ2v) is 9.12. The van der Waals surface area contributed by atoms with Gasteiger partial charge in [0.15, 0.2) is 0 Å². The summed E-state index contributed by atoms with van der Waals surface area (Å²) in [6.45, 7) is 12.7. The Balaban J connectivity index is 2.35. The van der Waals surface area contributed by atoms with Crippen LogP contribution in [0.15, 0.2) is 35.9 Å². The highest BCUT2D eigenvalue weighted by atomic mass is 16.3. The van der Waals surface area contributed by atoms with Crippen molar-refractivity contribution >= 4 is 0 Å². The van der Waals surface area contributed by atoms with Gasteiger partial charge in [0.25, 0.3) is 0 Å². The van der Waals surface area contributed by atoms with E-state index in [1.165, 1.54) is 19.3 Å². The van der Waals surface area contributed by atoms with Gasteiger partial charge in [-0.15, -0.1) is 0 Å². The Kier molecular flexibility index (Phi) is 7.77. The molecule has 0 heterocycles. The Morgan fingerprint density at radius 3 is 2.32 bits per heavy atom. The van der Waals surface area contributed by atoms with Gasteiger partial charge in [0.2, 0.25) is 0 Å². The fourth-order valence-corrected chi connectivity index (χ4v) is 4.44. The number of hydrogen-bond donors (Lipinski definition) is 3. The monoisotopic (exact) mass is 386 g/mol. The molecular formula is C25H38O3. The first-order chi connectivity index (χ1) is 13.2. The molecule has 0 saturated carbocycles. The van der Waals surface area contributed by atoms with E-state index in [0.29, 0.717) is 5.56 Å². The van der Waals surface area contributed by atoms with Gasteiger partial charge in [-0.3, -0.25) is 0 Å². The number of hydrogen-bond acceptors (Lipinski definition) is 3. The lowest BCUT2D eigenvalue weighted by Gasteiger charge is -2.33. The molecule has 2 unspecified atom stereocenters. The van der Waals surface area contributed by atoms with E-state index in [2.05, 4.69) is 27.4 Å². The highest BCUT2D eigenvalue weighted by molar-refractivity contribution is 5.53. The van der Waals surface area contributed by atoms with E-state index in [9.17, 15) is 15.3 Å². The topological polar surface area (TPSA) is 60.7 Å². The molecule has 3 N–H and O–H groups in total. The molecule has 1 aromatic carbocycles. The molecule has 3 heteroatoms. The van der Waals surface area contributed by atoms with Gasteiger partial charge in [-0.25, -0.2) is 0 Å². The van der Waals surface area contributed by atoms with Crippen LogP contribution in [-0.4, -0.2) is 21.9 Å². The largest absolute Gasteiger partial charge is 0.507 e. The van der Waals surface area contributed by atoms with Crippen molar-refractivity contribution in [1.82, 2.24) is 0 Å². The lowest BCUT2D eigenvalue weighted by Crippen LogP contribution is -2.20. The Bertz CT molecular complexity index is 691. The molecule has 0 saturated heterocycles. The maximum absolute atomic E-state index is 10.9. The molecule has 2 atom stereocenters. The number of aliphatic hydroxyl groups excluding tert-OH is 1. The highest BCUT2D eigenvalue weighted by Gasteiger charge is 2.32. The van der Waals surface area contributed by atoms with Gasteiger partial charge < -0.3 is 15.3 Å². The van der Waals surface area contributed by atoms with Gasteiger partial charge >= 0.3 is 0 Å². The molecule has 3 nitrogen and oxygen atoms in total. The summed E-state index contributed by atoms with van der Waals surface area (Å²) in [6, 6.07) is 3.65. The first-order valence-electron chi connectivity index (χ1n) is 10.7. The zero-order valence-corrected chi connectivity index (χ0v) is 18.1. The Morgan fingerprint density at radius 2 is 1.79 bits per heavy atom. The Morgan fingerprint density at radius 1 is 1.14 bits per heavy atom. The van der Waals surface area contributed by atoms with Crippen LogP contribution in [0.3, 0.4) is 0 Å². The van der Waals surface area contributed by atoms with E-state index in [0.717, 1.165) is 42.4 Å². The minimum absolute atomic E-state index is 0.0177. The number of phenolic OH excluding ortho intramolecular Hbond substituents is 2. The predicted molar refractivity (Wildman–Crippen MR) is 117 cm³/mol. The van der Waals surface area contributed by atoms with Crippen molar-refractivity contribution in [3.8, 4) is 11.5 Å². The number of unbranched alkanes of at least 4 members (excludes halogenated alkanes) is 3. The normalized spacial score (nSPS) is 20.1. The number of rotatable bonds is 9. The zero-order chi connectivity index (χ0) is 20.9. The van der Waals surface area contributed by atoms with Gasteiger partial charge in [0, 0.05) is 11.5 Å². The Hall–Kier alpha value is -1.74. The number of phenols is 2. The maximum Gasteiger partial charge on any atom is 0.123 e. The average molecular weight is 387 g/mol. The second kappa shape index (κ2) is 9.65. The van der Waals surface area contributed by atoms with Crippen LogP contribution in [0.2, 0.25) is 0 Å². The summed E-state index contributed by atoms with van der Waals surface area (Å²) < 4.78 is 0. The lowest BCUT2D eigenvalue weighted by atomic mass is 9.72. The van der Waals surface area contributed by atoms with Crippen LogP contribution in [0, 0.1) is 5.92 Å². The first kappa shape index (κ1) is 22.5. The van der Waals surface area contributed by atoms with Crippen molar-refractivity contribution in [3.05, 3.63) is 47.1 Å². The van der Waals surface area contributed by atoms with Crippen LogP contribution >= 0.6 is 0 Å². The van der Waals surface area contributed by atoms with Gasteiger partial charge in [0.1, 0.15) is 11.5 Å². The van der Waals surface area contributed by atoms with Crippen LogP contribution in [0.1, 0.15) is 89.7 Å². The SMILES string of the molecule is C=C(C)C1CCC(CO)=CC1c1c(O)cc(C(C)(C)CCCCCC)cc1O. The molecule has 1 aliphatic carbocycles. The fraction of sp³-hybridized carbons (Fsp3) is 0.600. The highest BCUT2D eigenvalue weighted by Crippen LogP contribution is 2.47. The van der Waals surface area contributed by atoms with E-state index >= 15 is 0 Å². The molecule has 1 aromatic rings. The fourth-order valence-electron chi connectivity index (χ4n) is 4.44. The van der Waals surface area contributed by atoms with Gasteiger partial charge in [0.05, 0.1) is 6.61 Å². The third-order valence-electron chi connectivity index (χ3n) is 6.37. The third kappa shape index (κ3) is 5.20. The molecule has 156 valence electrons. The van der Waals surface area contributed by atoms with Crippen LogP contribution in [-0.2, 0) is 5.41 Å². The summed E-state index contributed by atoms with van der Waals surface area (Å²) in [6.07, 6.45) is 9.55. The van der Waals surface area contributed by atoms with Gasteiger partial charge in [-0.2, -0.15) is 0 Å². The minimum atomic E-state index is -0.157. The van der Waals surface area contributed by atoms with Crippen molar-refractivity contribution in [2.75, 3.05) is 6.61 Å². The van der Waals surface area contributed by atoms with Crippen molar-refractivity contribution in [3.63, 3.8) is 0 Å². The molecule has 1 aliphatic rings. The molecule has 2 rings (SSSR count). The second-order valence-electron chi connectivity index (χ2n) is 9.12. The van der Waals surface area contributed by atoms with E-state index in [-0.39, 0.29) is 35.4 Å². The summed E-state index contributed by atoms with van der Waals surface area (Å²) in [5, 5.41) is 31.3. The Labute approximate surface area is 170 Å². The summed E-state index contributed by atoms with van der Waals surface area (Å²) >= 11 is 0. The smallest absolute Gasteiger partial charge is 0.123 e. The van der Waals surface area contributed by atoms with Crippen molar-refractivity contribution in [1.29, 1.82) is 0 Å². The van der Waals surface area contributed by atoms with E-state index in [4.69, 9.17) is 0 Å². The van der Waals surface area contributed by atoms with Crippen LogP contribution < -0.4 is 0 Å². The molecule has 0 radical (unpaired) electrons. The standard InChI is InChI=1S/C25H38O3/c1-6-7-8-9-12-25(4,5)19-14-22(27)24(23(28)15-19)21-13-18(16-26)10-11-20(21)17(2)3/h13-15,20-21,26-28H,2,6-12,16H2,1,3-5H3. The molecule has 0 amide bonds. The van der Waals surface area contributed by atoms with Crippen LogP contribution in [0.5, 0.6) is 11.5 Å². The maximum atomic E-state index is 10.9. The average Bonchev–Trinajstić information content (AvgIpc) is 2.64. The molecule has 0 aromatic heterocycles. The van der Waals surface area contributed by atoms with Crippen LogP contribution in [0.4, 0.5) is 0 Å². The number of allylic oxidation sites excluding steroid dienone is 2. The van der Waals surface area contributed by atoms with Gasteiger partial charge in [-0.1, -0.05) is 64.7 Å². The molecule has 28 heavy (non-hydrogen) atoms. The quantitative estimate of drug-likeness (QED) is 0.343. The van der Waals surface area contributed by atoms with Crippen molar-refractivity contribution in [2.24, 2.45) is 5.92 Å². The van der Waals surface area contributed by atoms with Crippen molar-refractivity contribution < 1.29 is 15.3 Å². The number of aromatic hydroxyl groups is 2. The molecule has 0 fully saturated rings. The van der Waals surface area contributed by atoms with E-state index < -0.39 is 0 Å². The van der Waals surface area contributed by atoms with Gasteiger partial charge in [-0.05, 0) is 60.8 Å². The number of aliphatic hydroxyl groups is 1. The zero-order valence-electron chi connectivity index (χ0n) is 18.1. The molecular weight excluding hydrogens is 348 g/mol. The lowest BCUT2D eigenvalue weighted by molar-refractivity contribution is 0.314.